The molecule has 1 saturated carbocycles. The number of pyridine rings is 1. The SMILES string of the molecule is CCOC(=O)C(CC)(CC)NC(=O)c1ccc(N2CC(OC)C2)c(OC[C@H]2C[C@@H]2COCc2ccccc2)n1. The van der Waals surface area contributed by atoms with Gasteiger partial charge in [-0.25, -0.2) is 9.78 Å². The molecule has 0 unspecified atom stereocenters. The molecule has 1 aromatic carbocycles. The van der Waals surface area contributed by atoms with Crippen LogP contribution in [0.4, 0.5) is 5.69 Å². The Morgan fingerprint density at radius 2 is 1.74 bits per heavy atom. The van der Waals surface area contributed by atoms with Crippen LogP contribution in [0.3, 0.4) is 0 Å². The Labute approximate surface area is 231 Å². The fourth-order valence-corrected chi connectivity index (χ4v) is 4.81. The summed E-state index contributed by atoms with van der Waals surface area (Å²) in [5.74, 6) is 0.386. The molecule has 2 aromatic rings. The molecule has 0 spiro atoms. The van der Waals surface area contributed by atoms with Gasteiger partial charge in [0.15, 0.2) is 0 Å². The summed E-state index contributed by atoms with van der Waals surface area (Å²) in [6, 6.07) is 13.7. The van der Waals surface area contributed by atoms with Gasteiger partial charge in [-0.1, -0.05) is 44.2 Å². The van der Waals surface area contributed by atoms with Crippen LogP contribution in [-0.4, -0.2) is 68.5 Å². The molecule has 1 amide bonds. The maximum absolute atomic E-state index is 13.3. The van der Waals surface area contributed by atoms with Crippen molar-refractivity contribution in [2.45, 2.75) is 58.3 Å². The predicted octanol–water partition coefficient (Wildman–Crippen LogP) is 4.00. The number of hydrogen-bond donors (Lipinski definition) is 1. The summed E-state index contributed by atoms with van der Waals surface area (Å²) in [4.78, 5) is 32.7. The van der Waals surface area contributed by atoms with E-state index in [1.165, 1.54) is 0 Å². The second kappa shape index (κ2) is 13.3. The van der Waals surface area contributed by atoms with Gasteiger partial charge in [0.2, 0.25) is 5.88 Å². The largest absolute Gasteiger partial charge is 0.476 e. The van der Waals surface area contributed by atoms with Crippen molar-refractivity contribution in [1.82, 2.24) is 10.3 Å². The van der Waals surface area contributed by atoms with Crippen molar-refractivity contribution in [2.24, 2.45) is 11.8 Å². The van der Waals surface area contributed by atoms with E-state index in [1.54, 1.807) is 20.1 Å². The Balaban J connectivity index is 1.40. The monoisotopic (exact) mass is 539 g/mol. The standard InChI is InChI=1S/C30H41N3O6/c1-5-30(6-2,29(35)38-7-3)32-27(34)25-13-14-26(33-16-24(17-33)36-4)28(31-25)39-20-23-15-22(23)19-37-18-21-11-9-8-10-12-21/h8-14,22-24H,5-7,15-20H2,1-4H3,(H,32,34)/t22-,23-/m1/s1. The summed E-state index contributed by atoms with van der Waals surface area (Å²) < 4.78 is 22.8. The highest BCUT2D eigenvalue weighted by Crippen LogP contribution is 2.40. The summed E-state index contributed by atoms with van der Waals surface area (Å²) in [6.07, 6.45) is 2.03. The van der Waals surface area contributed by atoms with Crippen molar-refractivity contribution >= 4 is 17.6 Å². The number of anilines is 1. The van der Waals surface area contributed by atoms with E-state index in [2.05, 4.69) is 27.3 Å². The van der Waals surface area contributed by atoms with Crippen molar-refractivity contribution in [3.8, 4) is 5.88 Å². The molecule has 4 rings (SSSR count). The molecule has 0 bridgehead atoms. The lowest BCUT2D eigenvalue weighted by Crippen LogP contribution is -2.54. The predicted molar refractivity (Wildman–Crippen MR) is 148 cm³/mol. The number of amides is 1. The first-order chi connectivity index (χ1) is 18.9. The molecule has 1 aliphatic heterocycles. The van der Waals surface area contributed by atoms with Crippen molar-refractivity contribution in [2.75, 3.05) is 44.9 Å². The van der Waals surface area contributed by atoms with E-state index in [-0.39, 0.29) is 18.4 Å². The lowest BCUT2D eigenvalue weighted by atomic mass is 9.92. The van der Waals surface area contributed by atoms with Crippen LogP contribution in [-0.2, 0) is 25.6 Å². The number of carbonyl (C=O) groups is 2. The van der Waals surface area contributed by atoms with Gasteiger partial charge >= 0.3 is 5.97 Å². The number of ether oxygens (including phenoxy) is 4. The molecule has 2 aliphatic rings. The van der Waals surface area contributed by atoms with Gasteiger partial charge in [-0.3, -0.25) is 4.79 Å². The fraction of sp³-hybridized carbons (Fsp3) is 0.567. The summed E-state index contributed by atoms with van der Waals surface area (Å²) in [5.41, 5.74) is 1.10. The van der Waals surface area contributed by atoms with E-state index in [1.807, 2.05) is 38.1 Å². The van der Waals surface area contributed by atoms with Crippen LogP contribution >= 0.6 is 0 Å². The lowest BCUT2D eigenvalue weighted by molar-refractivity contribution is -0.151. The molecule has 2 heterocycles. The molecule has 1 saturated heterocycles. The van der Waals surface area contributed by atoms with E-state index in [4.69, 9.17) is 18.9 Å². The summed E-state index contributed by atoms with van der Waals surface area (Å²) in [7, 11) is 1.70. The molecule has 39 heavy (non-hydrogen) atoms. The molecule has 1 aromatic heterocycles. The maximum Gasteiger partial charge on any atom is 0.331 e. The zero-order chi connectivity index (χ0) is 27.8. The first-order valence-electron chi connectivity index (χ1n) is 14.0. The van der Waals surface area contributed by atoms with E-state index in [9.17, 15) is 9.59 Å². The normalized spacial score (nSPS) is 18.8. The van der Waals surface area contributed by atoms with E-state index in [0.29, 0.717) is 50.4 Å². The molecular weight excluding hydrogens is 498 g/mol. The molecule has 2 fully saturated rings. The first kappa shape index (κ1) is 28.8. The van der Waals surface area contributed by atoms with Gasteiger partial charge in [0, 0.05) is 20.2 Å². The number of aromatic nitrogens is 1. The number of hydrogen-bond acceptors (Lipinski definition) is 8. The highest BCUT2D eigenvalue weighted by Gasteiger charge is 2.40. The Hall–Kier alpha value is -3.17. The number of rotatable bonds is 15. The number of methoxy groups -OCH3 is 1. The van der Waals surface area contributed by atoms with E-state index < -0.39 is 17.4 Å². The fourth-order valence-electron chi connectivity index (χ4n) is 4.81. The topological polar surface area (TPSA) is 99.2 Å². The average molecular weight is 540 g/mol. The second-order valence-electron chi connectivity index (χ2n) is 10.3. The lowest BCUT2D eigenvalue weighted by Gasteiger charge is -2.40. The van der Waals surface area contributed by atoms with Crippen molar-refractivity contribution in [3.63, 3.8) is 0 Å². The van der Waals surface area contributed by atoms with Crippen molar-refractivity contribution in [1.29, 1.82) is 0 Å². The minimum Gasteiger partial charge on any atom is -0.476 e. The summed E-state index contributed by atoms with van der Waals surface area (Å²) in [6.45, 7) is 8.98. The Kier molecular flexibility index (Phi) is 9.80. The Morgan fingerprint density at radius 3 is 2.41 bits per heavy atom. The van der Waals surface area contributed by atoms with E-state index in [0.717, 1.165) is 30.8 Å². The zero-order valence-electron chi connectivity index (χ0n) is 23.5. The zero-order valence-corrected chi connectivity index (χ0v) is 23.5. The van der Waals surface area contributed by atoms with Crippen LogP contribution in [0.2, 0.25) is 0 Å². The quantitative estimate of drug-likeness (QED) is 0.339. The Morgan fingerprint density at radius 1 is 1.03 bits per heavy atom. The summed E-state index contributed by atoms with van der Waals surface area (Å²) in [5, 5.41) is 2.89. The van der Waals surface area contributed by atoms with E-state index >= 15 is 0 Å². The number of nitrogens with zero attached hydrogens (tertiary/aromatic N) is 2. The van der Waals surface area contributed by atoms with Crippen LogP contribution in [0.5, 0.6) is 5.88 Å². The minimum atomic E-state index is -1.10. The van der Waals surface area contributed by atoms with Crippen LogP contribution < -0.4 is 15.0 Å². The maximum atomic E-state index is 13.3. The van der Waals surface area contributed by atoms with Gasteiger partial charge in [-0.05, 0) is 55.7 Å². The number of carbonyl (C=O) groups excluding carboxylic acids is 2. The molecule has 2 atom stereocenters. The van der Waals surface area contributed by atoms with Crippen molar-refractivity contribution < 1.29 is 28.5 Å². The summed E-state index contributed by atoms with van der Waals surface area (Å²) >= 11 is 0. The third-order valence-electron chi connectivity index (χ3n) is 7.77. The third kappa shape index (κ3) is 7.08. The number of nitrogens with one attached hydrogen (secondary N) is 1. The molecule has 9 nitrogen and oxygen atoms in total. The second-order valence-corrected chi connectivity index (χ2v) is 10.3. The van der Waals surface area contributed by atoms with Gasteiger partial charge in [-0.15, -0.1) is 0 Å². The van der Waals surface area contributed by atoms with Gasteiger partial charge in [0.05, 0.1) is 32.5 Å². The molecular formula is C30H41N3O6. The average Bonchev–Trinajstić information content (AvgIpc) is 3.69. The van der Waals surface area contributed by atoms with Crippen LogP contribution in [0, 0.1) is 11.8 Å². The smallest absolute Gasteiger partial charge is 0.331 e. The highest BCUT2D eigenvalue weighted by atomic mass is 16.5. The molecule has 1 N–H and O–H groups in total. The molecule has 9 heteroatoms. The third-order valence-corrected chi connectivity index (χ3v) is 7.77. The first-order valence-corrected chi connectivity index (χ1v) is 14.0. The van der Waals surface area contributed by atoms with Gasteiger partial charge in [0.1, 0.15) is 16.9 Å². The van der Waals surface area contributed by atoms with Gasteiger partial charge in [0.25, 0.3) is 5.91 Å². The van der Waals surface area contributed by atoms with Crippen LogP contribution in [0.15, 0.2) is 42.5 Å². The number of esters is 1. The van der Waals surface area contributed by atoms with Crippen molar-refractivity contribution in [3.05, 3.63) is 53.7 Å². The molecule has 1 aliphatic carbocycles. The molecule has 212 valence electrons. The Bertz CT molecular complexity index is 1100. The van der Waals surface area contributed by atoms with Crippen LogP contribution in [0.25, 0.3) is 0 Å². The highest BCUT2D eigenvalue weighted by molar-refractivity contribution is 5.97. The van der Waals surface area contributed by atoms with Gasteiger partial charge < -0.3 is 29.2 Å². The molecule has 0 radical (unpaired) electrons. The number of benzene rings is 1. The minimum absolute atomic E-state index is 0.162. The van der Waals surface area contributed by atoms with Gasteiger partial charge in [-0.2, -0.15) is 0 Å². The van der Waals surface area contributed by atoms with Crippen LogP contribution in [0.1, 0.15) is 56.1 Å².